The number of ether oxygens (including phenoxy) is 2. The van der Waals surface area contributed by atoms with E-state index in [4.69, 9.17) is 9.47 Å². The standard InChI is InChI=1S/C25H40N2O3/c1-20(2)17-26-18-23(21-9-5-4-6-10-21)22(11-7-8-14-29-3)24(19-26)25(28)27-12-15-30-16-13-27/h4-6,9-10,20,22-24H,7-8,11-19H2,1-3H3/t22?,23-,24+/m1/s1. The van der Waals surface area contributed by atoms with E-state index in [9.17, 15) is 4.79 Å². The quantitative estimate of drug-likeness (QED) is 0.576. The van der Waals surface area contributed by atoms with Gasteiger partial charge in [0.15, 0.2) is 0 Å². The molecule has 2 aliphatic heterocycles. The number of unbranched alkanes of at least 4 members (excludes halogenated alkanes) is 1. The molecule has 0 spiro atoms. The van der Waals surface area contributed by atoms with E-state index < -0.39 is 0 Å². The molecule has 1 unspecified atom stereocenters. The number of morpholine rings is 1. The molecular formula is C25H40N2O3. The van der Waals surface area contributed by atoms with Crippen LogP contribution in [0.5, 0.6) is 0 Å². The van der Waals surface area contributed by atoms with Crippen molar-refractivity contribution >= 4 is 5.91 Å². The van der Waals surface area contributed by atoms with Gasteiger partial charge >= 0.3 is 0 Å². The molecule has 1 aromatic rings. The third kappa shape index (κ3) is 6.29. The maximum absolute atomic E-state index is 13.7. The van der Waals surface area contributed by atoms with Crippen LogP contribution in [0.3, 0.4) is 0 Å². The van der Waals surface area contributed by atoms with Gasteiger partial charge in [-0.3, -0.25) is 4.79 Å². The van der Waals surface area contributed by atoms with Crippen LogP contribution in [0.25, 0.3) is 0 Å². The van der Waals surface area contributed by atoms with Gasteiger partial charge in [0.05, 0.1) is 19.1 Å². The zero-order valence-electron chi connectivity index (χ0n) is 19.1. The third-order valence-electron chi connectivity index (χ3n) is 6.57. The molecule has 168 valence electrons. The Morgan fingerprint density at radius 2 is 1.87 bits per heavy atom. The van der Waals surface area contributed by atoms with Crippen LogP contribution >= 0.6 is 0 Å². The molecule has 1 amide bonds. The minimum atomic E-state index is 0.0587. The molecule has 0 bridgehead atoms. The Hall–Kier alpha value is -1.43. The molecule has 0 saturated carbocycles. The smallest absolute Gasteiger partial charge is 0.227 e. The summed E-state index contributed by atoms with van der Waals surface area (Å²) < 4.78 is 10.8. The Balaban J connectivity index is 1.85. The Kier molecular flexibility index (Phi) is 9.16. The van der Waals surface area contributed by atoms with Crippen LogP contribution in [0, 0.1) is 17.8 Å². The molecule has 0 aromatic heterocycles. The average molecular weight is 417 g/mol. The van der Waals surface area contributed by atoms with Crippen molar-refractivity contribution in [1.82, 2.24) is 9.80 Å². The average Bonchev–Trinajstić information content (AvgIpc) is 2.77. The van der Waals surface area contributed by atoms with E-state index in [-0.39, 0.29) is 5.92 Å². The van der Waals surface area contributed by atoms with Gasteiger partial charge in [-0.25, -0.2) is 0 Å². The lowest BCUT2D eigenvalue weighted by Crippen LogP contribution is -2.54. The summed E-state index contributed by atoms with van der Waals surface area (Å²) >= 11 is 0. The predicted octanol–water partition coefficient (Wildman–Crippen LogP) is 3.65. The fourth-order valence-corrected chi connectivity index (χ4v) is 5.21. The molecule has 5 heteroatoms. The highest BCUT2D eigenvalue weighted by Gasteiger charge is 2.42. The van der Waals surface area contributed by atoms with E-state index in [1.165, 1.54) is 5.56 Å². The van der Waals surface area contributed by atoms with Crippen molar-refractivity contribution in [3.63, 3.8) is 0 Å². The summed E-state index contributed by atoms with van der Waals surface area (Å²) in [6.45, 7) is 11.1. The van der Waals surface area contributed by atoms with Crippen molar-refractivity contribution in [2.24, 2.45) is 17.8 Å². The van der Waals surface area contributed by atoms with Crippen LogP contribution in [-0.2, 0) is 14.3 Å². The van der Waals surface area contributed by atoms with Gasteiger partial charge in [-0.2, -0.15) is 0 Å². The minimum absolute atomic E-state index is 0.0587. The summed E-state index contributed by atoms with van der Waals surface area (Å²) in [5.41, 5.74) is 1.38. The van der Waals surface area contributed by atoms with Gasteiger partial charge in [-0.15, -0.1) is 0 Å². The van der Waals surface area contributed by atoms with Crippen LogP contribution in [0.2, 0.25) is 0 Å². The van der Waals surface area contributed by atoms with Gasteiger partial charge in [-0.05, 0) is 30.2 Å². The normalized spacial score (nSPS) is 25.6. The van der Waals surface area contributed by atoms with E-state index in [0.717, 1.165) is 58.6 Å². The topological polar surface area (TPSA) is 42.0 Å². The Labute approximate surface area is 182 Å². The number of hydrogen-bond acceptors (Lipinski definition) is 4. The lowest BCUT2D eigenvalue weighted by molar-refractivity contribution is -0.144. The molecule has 0 aliphatic carbocycles. The van der Waals surface area contributed by atoms with Crippen molar-refractivity contribution in [1.29, 1.82) is 0 Å². The summed E-state index contributed by atoms with van der Waals surface area (Å²) in [7, 11) is 1.77. The summed E-state index contributed by atoms with van der Waals surface area (Å²) in [6.07, 6.45) is 3.25. The predicted molar refractivity (Wildman–Crippen MR) is 121 cm³/mol. The van der Waals surface area contributed by atoms with Crippen LogP contribution in [0.4, 0.5) is 0 Å². The van der Waals surface area contributed by atoms with E-state index in [0.29, 0.717) is 36.9 Å². The van der Waals surface area contributed by atoms with E-state index in [2.05, 4.69) is 54.0 Å². The molecule has 30 heavy (non-hydrogen) atoms. The SMILES string of the molecule is COCCCCC1[C@@H](C(=O)N2CCOCC2)CN(CC(C)C)C[C@@H]1c1ccccc1. The lowest BCUT2D eigenvalue weighted by Gasteiger charge is -2.46. The highest BCUT2D eigenvalue weighted by atomic mass is 16.5. The number of rotatable bonds is 9. The van der Waals surface area contributed by atoms with Gasteiger partial charge in [-0.1, -0.05) is 50.6 Å². The van der Waals surface area contributed by atoms with Crippen molar-refractivity contribution < 1.29 is 14.3 Å². The first-order valence-electron chi connectivity index (χ1n) is 11.7. The fraction of sp³-hybridized carbons (Fsp3) is 0.720. The Morgan fingerprint density at radius 3 is 2.53 bits per heavy atom. The third-order valence-corrected chi connectivity index (χ3v) is 6.57. The molecule has 3 rings (SSSR count). The molecule has 2 heterocycles. The molecule has 1 aromatic carbocycles. The summed E-state index contributed by atoms with van der Waals surface area (Å²) in [5, 5.41) is 0. The van der Waals surface area contributed by atoms with Gasteiger partial charge in [0.1, 0.15) is 0 Å². The molecule has 0 N–H and O–H groups in total. The summed E-state index contributed by atoms with van der Waals surface area (Å²) in [5.74, 6) is 1.77. The zero-order valence-corrected chi connectivity index (χ0v) is 19.1. The number of amides is 1. The van der Waals surface area contributed by atoms with Crippen LogP contribution < -0.4 is 0 Å². The molecule has 2 saturated heterocycles. The highest BCUT2D eigenvalue weighted by Crippen LogP contribution is 2.40. The van der Waals surface area contributed by atoms with Crippen molar-refractivity contribution in [3.05, 3.63) is 35.9 Å². The first-order valence-corrected chi connectivity index (χ1v) is 11.7. The molecule has 2 aliphatic rings. The van der Waals surface area contributed by atoms with Gasteiger partial charge in [0.25, 0.3) is 0 Å². The number of hydrogen-bond donors (Lipinski definition) is 0. The van der Waals surface area contributed by atoms with Crippen LogP contribution in [0.1, 0.15) is 44.6 Å². The highest BCUT2D eigenvalue weighted by molar-refractivity contribution is 5.80. The van der Waals surface area contributed by atoms with Crippen molar-refractivity contribution in [3.8, 4) is 0 Å². The number of piperidine rings is 1. The summed E-state index contributed by atoms with van der Waals surface area (Å²) in [6, 6.07) is 10.9. The maximum Gasteiger partial charge on any atom is 0.227 e. The van der Waals surface area contributed by atoms with Gasteiger partial charge in [0.2, 0.25) is 5.91 Å². The number of nitrogens with zero attached hydrogens (tertiary/aromatic N) is 2. The van der Waals surface area contributed by atoms with Gasteiger partial charge in [0, 0.05) is 52.4 Å². The number of benzene rings is 1. The first kappa shape index (κ1) is 23.2. The number of methoxy groups -OCH3 is 1. The van der Waals surface area contributed by atoms with Crippen molar-refractivity contribution in [2.45, 2.75) is 39.0 Å². The zero-order chi connectivity index (χ0) is 21.3. The Morgan fingerprint density at radius 1 is 1.13 bits per heavy atom. The first-order chi connectivity index (χ1) is 14.6. The largest absolute Gasteiger partial charge is 0.385 e. The molecule has 0 radical (unpaired) electrons. The molecular weight excluding hydrogens is 376 g/mol. The second-order valence-corrected chi connectivity index (χ2v) is 9.33. The minimum Gasteiger partial charge on any atom is -0.385 e. The van der Waals surface area contributed by atoms with E-state index in [1.807, 2.05) is 0 Å². The Bertz CT molecular complexity index is 631. The van der Waals surface area contributed by atoms with E-state index in [1.54, 1.807) is 7.11 Å². The maximum atomic E-state index is 13.7. The van der Waals surface area contributed by atoms with Crippen LogP contribution in [0.15, 0.2) is 30.3 Å². The van der Waals surface area contributed by atoms with Gasteiger partial charge < -0.3 is 19.3 Å². The fourth-order valence-electron chi connectivity index (χ4n) is 5.21. The number of carbonyl (C=O) groups excluding carboxylic acids is 1. The monoisotopic (exact) mass is 416 g/mol. The molecule has 5 nitrogen and oxygen atoms in total. The number of likely N-dealkylation sites (tertiary alicyclic amines) is 1. The van der Waals surface area contributed by atoms with E-state index >= 15 is 0 Å². The van der Waals surface area contributed by atoms with Crippen molar-refractivity contribution in [2.75, 3.05) is 59.7 Å². The second-order valence-electron chi connectivity index (χ2n) is 9.33. The lowest BCUT2D eigenvalue weighted by atomic mass is 9.71. The summed E-state index contributed by atoms with van der Waals surface area (Å²) in [4.78, 5) is 18.3. The number of carbonyl (C=O) groups is 1. The molecule has 2 fully saturated rings. The second kappa shape index (κ2) is 11.8. The molecule has 3 atom stereocenters. The van der Waals surface area contributed by atoms with Crippen LogP contribution in [-0.4, -0.2) is 75.4 Å².